The van der Waals surface area contributed by atoms with E-state index in [4.69, 9.17) is 0 Å². The van der Waals surface area contributed by atoms with E-state index in [0.717, 1.165) is 23.7 Å². The summed E-state index contributed by atoms with van der Waals surface area (Å²) in [6.07, 6.45) is 22.1. The van der Waals surface area contributed by atoms with E-state index in [0.29, 0.717) is 0 Å². The van der Waals surface area contributed by atoms with E-state index in [1.54, 1.807) is 0 Å². The van der Waals surface area contributed by atoms with E-state index < -0.39 is 0 Å². The van der Waals surface area contributed by atoms with Crippen LogP contribution in [-0.2, 0) is 0 Å². The maximum Gasteiger partial charge on any atom is -0.0165 e. The largest absolute Gasteiger partial charge is 0.0988 e. The first-order valence-electron chi connectivity index (χ1n) is 11.1. The molecular formula is C24H44. The number of hydrogen-bond acceptors (Lipinski definition) is 0. The second-order valence-corrected chi connectivity index (χ2v) is 7.88. The summed E-state index contributed by atoms with van der Waals surface area (Å²) in [6.45, 7) is 12.5. The molecule has 2 saturated carbocycles. The Labute approximate surface area is 153 Å². The lowest BCUT2D eigenvalue weighted by molar-refractivity contribution is 0.150. The van der Waals surface area contributed by atoms with Crippen molar-refractivity contribution in [3.8, 4) is 0 Å². The van der Waals surface area contributed by atoms with Gasteiger partial charge in [0.1, 0.15) is 0 Å². The zero-order valence-corrected chi connectivity index (χ0v) is 17.2. The highest BCUT2D eigenvalue weighted by atomic mass is 14.4. The van der Waals surface area contributed by atoms with Gasteiger partial charge in [0.25, 0.3) is 0 Å². The SMILES string of the molecule is C=C/C(=C\C)C1CCC(C2CCC(CCCCC)CC2)CC1.CC. The molecule has 0 amide bonds. The van der Waals surface area contributed by atoms with Gasteiger partial charge >= 0.3 is 0 Å². The van der Waals surface area contributed by atoms with E-state index in [2.05, 4.69) is 32.6 Å². The van der Waals surface area contributed by atoms with Crippen LogP contribution in [0.3, 0.4) is 0 Å². The molecule has 0 aromatic rings. The molecule has 0 heterocycles. The number of allylic oxidation sites excluding steroid dienone is 3. The van der Waals surface area contributed by atoms with Gasteiger partial charge in [0, 0.05) is 0 Å². The van der Waals surface area contributed by atoms with Crippen LogP contribution in [-0.4, -0.2) is 0 Å². The van der Waals surface area contributed by atoms with Gasteiger partial charge in [0.15, 0.2) is 0 Å². The fourth-order valence-corrected chi connectivity index (χ4v) is 5.08. The standard InChI is InChI=1S/C22H38.C2H6/c1-4-7-8-9-18-10-12-21(13-11-18)22-16-14-20(15-17-22)19(5-2)6-3;1-2/h5-6,18,20-22H,2,4,7-17H2,1,3H3;1-2H3/b19-6+;. The molecule has 0 saturated heterocycles. The molecule has 0 atom stereocenters. The van der Waals surface area contributed by atoms with Crippen molar-refractivity contribution in [2.75, 3.05) is 0 Å². The Bertz CT molecular complexity index is 335. The van der Waals surface area contributed by atoms with Gasteiger partial charge in [-0.1, -0.05) is 78.0 Å². The Morgan fingerprint density at radius 3 is 1.88 bits per heavy atom. The average molecular weight is 333 g/mol. The van der Waals surface area contributed by atoms with Crippen molar-refractivity contribution in [2.24, 2.45) is 23.7 Å². The summed E-state index contributed by atoms with van der Waals surface area (Å²) >= 11 is 0. The molecule has 2 fully saturated rings. The molecule has 0 N–H and O–H groups in total. The third-order valence-electron chi connectivity index (χ3n) is 6.59. The molecule has 2 rings (SSSR count). The van der Waals surface area contributed by atoms with E-state index in [-0.39, 0.29) is 0 Å². The predicted octanol–water partition coefficient (Wildman–Crippen LogP) is 8.34. The monoisotopic (exact) mass is 332 g/mol. The molecule has 2 aliphatic rings. The molecular weight excluding hydrogens is 288 g/mol. The highest BCUT2D eigenvalue weighted by molar-refractivity contribution is 5.19. The molecule has 2 aliphatic carbocycles. The summed E-state index contributed by atoms with van der Waals surface area (Å²) in [6, 6.07) is 0. The van der Waals surface area contributed by atoms with Crippen molar-refractivity contribution in [1.29, 1.82) is 0 Å². The van der Waals surface area contributed by atoms with Gasteiger partial charge in [-0.15, -0.1) is 0 Å². The zero-order valence-electron chi connectivity index (χ0n) is 17.2. The predicted molar refractivity (Wildman–Crippen MR) is 110 cm³/mol. The number of hydrogen-bond donors (Lipinski definition) is 0. The normalized spacial score (nSPS) is 31.1. The van der Waals surface area contributed by atoms with Gasteiger partial charge in [-0.3, -0.25) is 0 Å². The molecule has 0 unspecified atom stereocenters. The minimum atomic E-state index is 0.809. The van der Waals surface area contributed by atoms with Crippen LogP contribution in [0.15, 0.2) is 24.3 Å². The van der Waals surface area contributed by atoms with Crippen molar-refractivity contribution in [2.45, 2.75) is 105 Å². The average Bonchev–Trinajstić information content (AvgIpc) is 2.66. The minimum Gasteiger partial charge on any atom is -0.0988 e. The highest BCUT2D eigenvalue weighted by Crippen LogP contribution is 2.43. The van der Waals surface area contributed by atoms with Crippen molar-refractivity contribution < 1.29 is 0 Å². The molecule has 0 bridgehead atoms. The Kier molecular flexibility index (Phi) is 11.5. The smallest absolute Gasteiger partial charge is 0.0165 e. The van der Waals surface area contributed by atoms with E-state index >= 15 is 0 Å². The quantitative estimate of drug-likeness (QED) is 0.324. The second kappa shape index (κ2) is 12.8. The van der Waals surface area contributed by atoms with E-state index in [1.807, 2.05) is 13.8 Å². The van der Waals surface area contributed by atoms with Crippen LogP contribution < -0.4 is 0 Å². The van der Waals surface area contributed by atoms with Crippen LogP contribution in [0, 0.1) is 23.7 Å². The maximum atomic E-state index is 3.99. The van der Waals surface area contributed by atoms with Crippen LogP contribution in [0.4, 0.5) is 0 Å². The van der Waals surface area contributed by atoms with Gasteiger partial charge in [-0.05, 0) is 74.7 Å². The lowest BCUT2D eigenvalue weighted by Gasteiger charge is -2.38. The summed E-state index contributed by atoms with van der Waals surface area (Å²) in [7, 11) is 0. The van der Waals surface area contributed by atoms with Gasteiger partial charge < -0.3 is 0 Å². The molecule has 0 spiro atoms. The summed E-state index contributed by atoms with van der Waals surface area (Å²) in [5.74, 6) is 3.97. The molecule has 0 aromatic carbocycles. The van der Waals surface area contributed by atoms with E-state index in [9.17, 15) is 0 Å². The van der Waals surface area contributed by atoms with Crippen molar-refractivity contribution in [1.82, 2.24) is 0 Å². The van der Waals surface area contributed by atoms with E-state index in [1.165, 1.54) is 82.6 Å². The molecule has 0 heteroatoms. The second-order valence-electron chi connectivity index (χ2n) is 7.88. The number of unbranched alkanes of at least 4 members (excludes halogenated alkanes) is 2. The van der Waals surface area contributed by atoms with Crippen molar-refractivity contribution in [3.63, 3.8) is 0 Å². The Hall–Kier alpha value is -0.520. The van der Waals surface area contributed by atoms with Crippen LogP contribution in [0.5, 0.6) is 0 Å². The lowest BCUT2D eigenvalue weighted by atomic mass is 9.68. The first kappa shape index (κ1) is 21.5. The van der Waals surface area contributed by atoms with Crippen molar-refractivity contribution >= 4 is 0 Å². The van der Waals surface area contributed by atoms with Gasteiger partial charge in [-0.2, -0.15) is 0 Å². The van der Waals surface area contributed by atoms with Crippen LogP contribution >= 0.6 is 0 Å². The number of rotatable bonds is 7. The fraction of sp³-hybridized carbons (Fsp3) is 0.833. The fourth-order valence-electron chi connectivity index (χ4n) is 5.08. The summed E-state index contributed by atoms with van der Waals surface area (Å²) in [5, 5.41) is 0. The van der Waals surface area contributed by atoms with Crippen LogP contribution in [0.2, 0.25) is 0 Å². The first-order chi connectivity index (χ1) is 11.8. The Balaban J connectivity index is 0.00000139. The van der Waals surface area contributed by atoms with Crippen molar-refractivity contribution in [3.05, 3.63) is 24.3 Å². The first-order valence-corrected chi connectivity index (χ1v) is 11.1. The zero-order chi connectivity index (χ0) is 17.8. The van der Waals surface area contributed by atoms with Gasteiger partial charge in [0.2, 0.25) is 0 Å². The van der Waals surface area contributed by atoms with Gasteiger partial charge in [-0.25, -0.2) is 0 Å². The highest BCUT2D eigenvalue weighted by Gasteiger charge is 2.31. The maximum absolute atomic E-state index is 3.99. The molecule has 24 heavy (non-hydrogen) atoms. The molecule has 0 radical (unpaired) electrons. The van der Waals surface area contributed by atoms with Crippen LogP contribution in [0.1, 0.15) is 105 Å². The van der Waals surface area contributed by atoms with Gasteiger partial charge in [0.05, 0.1) is 0 Å². The Morgan fingerprint density at radius 2 is 1.42 bits per heavy atom. The third kappa shape index (κ3) is 6.77. The third-order valence-corrected chi connectivity index (χ3v) is 6.59. The Morgan fingerprint density at radius 1 is 0.875 bits per heavy atom. The summed E-state index contributed by atoms with van der Waals surface area (Å²) < 4.78 is 0. The summed E-state index contributed by atoms with van der Waals surface area (Å²) in [5.41, 5.74) is 1.50. The van der Waals surface area contributed by atoms with Crippen LogP contribution in [0.25, 0.3) is 0 Å². The molecule has 0 aliphatic heterocycles. The summed E-state index contributed by atoms with van der Waals surface area (Å²) in [4.78, 5) is 0. The molecule has 140 valence electrons. The lowest BCUT2D eigenvalue weighted by Crippen LogP contribution is -2.26. The molecule has 0 aromatic heterocycles. The minimum absolute atomic E-state index is 0.809. The molecule has 0 nitrogen and oxygen atoms in total. The topological polar surface area (TPSA) is 0 Å².